The number of fused-ring (bicyclic) bond motifs is 1. The maximum Gasteiger partial charge on any atom is 0.256 e. The van der Waals surface area contributed by atoms with Crippen LogP contribution >= 0.6 is 23.4 Å². The van der Waals surface area contributed by atoms with E-state index in [-0.39, 0.29) is 5.91 Å². The van der Waals surface area contributed by atoms with Gasteiger partial charge in [-0.1, -0.05) is 23.7 Å². The molecule has 28 heavy (non-hydrogen) atoms. The van der Waals surface area contributed by atoms with Crippen molar-refractivity contribution in [2.24, 2.45) is 0 Å². The zero-order chi connectivity index (χ0) is 19.5. The van der Waals surface area contributed by atoms with E-state index in [9.17, 15) is 4.79 Å². The number of amides is 1. The first kappa shape index (κ1) is 18.5. The summed E-state index contributed by atoms with van der Waals surface area (Å²) in [5, 5.41) is 4.29. The maximum absolute atomic E-state index is 13.2. The van der Waals surface area contributed by atoms with Crippen LogP contribution in [-0.4, -0.2) is 22.1 Å². The van der Waals surface area contributed by atoms with E-state index in [4.69, 9.17) is 11.6 Å². The predicted octanol–water partition coefficient (Wildman–Crippen LogP) is 5.92. The molecule has 0 saturated carbocycles. The Morgan fingerprint density at radius 1 is 1.07 bits per heavy atom. The molecule has 0 aliphatic rings. The molecule has 0 fully saturated rings. The van der Waals surface area contributed by atoms with Crippen LogP contribution in [0.5, 0.6) is 0 Å². The Hall–Kier alpha value is -2.89. The van der Waals surface area contributed by atoms with Gasteiger partial charge in [0.2, 0.25) is 0 Å². The van der Waals surface area contributed by atoms with Crippen LogP contribution in [0.2, 0.25) is 5.02 Å². The number of aromatic nitrogens is 2. The molecule has 2 heterocycles. The molecule has 4 aromatic rings. The average molecular weight is 406 g/mol. The van der Waals surface area contributed by atoms with E-state index >= 15 is 0 Å². The molecule has 0 spiro atoms. The molecule has 2 aromatic heterocycles. The number of pyridine rings is 2. The molecule has 0 atom stereocenters. The van der Waals surface area contributed by atoms with Crippen molar-refractivity contribution in [1.29, 1.82) is 0 Å². The van der Waals surface area contributed by atoms with E-state index in [2.05, 4.69) is 15.3 Å². The monoisotopic (exact) mass is 405 g/mol. The molecule has 0 aliphatic heterocycles. The molecule has 1 N–H and O–H groups in total. The lowest BCUT2D eigenvalue weighted by Gasteiger charge is -2.12. The van der Waals surface area contributed by atoms with Gasteiger partial charge in [0.25, 0.3) is 5.91 Å². The Bertz CT molecular complexity index is 1170. The summed E-state index contributed by atoms with van der Waals surface area (Å²) < 4.78 is 0. The van der Waals surface area contributed by atoms with Crippen LogP contribution in [0.15, 0.2) is 78.0 Å². The smallest absolute Gasteiger partial charge is 0.256 e. The fourth-order valence-electron chi connectivity index (χ4n) is 2.99. The summed E-state index contributed by atoms with van der Waals surface area (Å²) in [4.78, 5) is 23.0. The van der Waals surface area contributed by atoms with E-state index < -0.39 is 0 Å². The molecule has 0 bridgehead atoms. The van der Waals surface area contributed by atoms with E-state index in [1.807, 2.05) is 48.7 Å². The largest absolute Gasteiger partial charge is 0.321 e. The van der Waals surface area contributed by atoms with Crippen molar-refractivity contribution in [2.75, 3.05) is 11.6 Å². The van der Waals surface area contributed by atoms with E-state index in [0.717, 1.165) is 16.1 Å². The molecule has 0 saturated heterocycles. The Morgan fingerprint density at radius 2 is 1.93 bits per heavy atom. The number of hydrogen-bond donors (Lipinski definition) is 1. The molecule has 0 aliphatic carbocycles. The minimum absolute atomic E-state index is 0.207. The highest BCUT2D eigenvalue weighted by Crippen LogP contribution is 2.29. The second-order valence-electron chi connectivity index (χ2n) is 6.11. The first-order valence-electron chi connectivity index (χ1n) is 8.61. The third kappa shape index (κ3) is 3.72. The zero-order valence-corrected chi connectivity index (χ0v) is 16.6. The van der Waals surface area contributed by atoms with Gasteiger partial charge in [-0.25, -0.2) is 4.98 Å². The summed E-state index contributed by atoms with van der Waals surface area (Å²) in [5.74, 6) is -0.207. The molecule has 2 aromatic carbocycles. The highest BCUT2D eigenvalue weighted by atomic mass is 35.5. The molecule has 138 valence electrons. The second kappa shape index (κ2) is 8.00. The second-order valence-corrected chi connectivity index (χ2v) is 7.40. The summed E-state index contributed by atoms with van der Waals surface area (Å²) in [5.41, 5.74) is 3.52. The van der Waals surface area contributed by atoms with Gasteiger partial charge in [-0.2, -0.15) is 0 Å². The van der Waals surface area contributed by atoms with Crippen LogP contribution in [0, 0.1) is 0 Å². The van der Waals surface area contributed by atoms with Gasteiger partial charge < -0.3 is 5.32 Å². The lowest BCUT2D eigenvalue weighted by molar-refractivity contribution is 0.102. The summed E-state index contributed by atoms with van der Waals surface area (Å²) >= 11 is 7.77. The van der Waals surface area contributed by atoms with Crippen molar-refractivity contribution in [3.05, 3.63) is 83.6 Å². The molecular weight excluding hydrogens is 390 g/mol. The van der Waals surface area contributed by atoms with Crippen molar-refractivity contribution >= 4 is 45.9 Å². The number of carbonyl (C=O) groups excluding carboxylic acids is 1. The van der Waals surface area contributed by atoms with Crippen molar-refractivity contribution in [2.45, 2.75) is 4.90 Å². The van der Waals surface area contributed by atoms with Gasteiger partial charge in [-0.3, -0.25) is 9.78 Å². The van der Waals surface area contributed by atoms with Crippen molar-refractivity contribution in [3.8, 4) is 11.3 Å². The van der Waals surface area contributed by atoms with Gasteiger partial charge in [0.15, 0.2) is 0 Å². The van der Waals surface area contributed by atoms with Crippen LogP contribution in [0.1, 0.15) is 10.4 Å². The van der Waals surface area contributed by atoms with Gasteiger partial charge in [-0.05, 0) is 54.8 Å². The zero-order valence-electron chi connectivity index (χ0n) is 15.0. The van der Waals surface area contributed by atoms with Gasteiger partial charge >= 0.3 is 0 Å². The van der Waals surface area contributed by atoms with Crippen LogP contribution in [0.4, 0.5) is 5.69 Å². The number of carbonyl (C=O) groups is 1. The Balaban J connectivity index is 1.84. The summed E-state index contributed by atoms with van der Waals surface area (Å²) in [7, 11) is 0. The summed E-state index contributed by atoms with van der Waals surface area (Å²) in [6.45, 7) is 0. The quantitative estimate of drug-likeness (QED) is 0.428. The fourth-order valence-corrected chi connectivity index (χ4v) is 3.71. The van der Waals surface area contributed by atoms with Crippen molar-refractivity contribution in [1.82, 2.24) is 9.97 Å². The van der Waals surface area contributed by atoms with E-state index in [1.165, 1.54) is 0 Å². The van der Waals surface area contributed by atoms with Gasteiger partial charge in [0, 0.05) is 33.3 Å². The van der Waals surface area contributed by atoms with Crippen molar-refractivity contribution in [3.63, 3.8) is 0 Å². The lowest BCUT2D eigenvalue weighted by atomic mass is 10.0. The first-order valence-corrected chi connectivity index (χ1v) is 10.2. The van der Waals surface area contributed by atoms with E-state index in [1.54, 1.807) is 42.4 Å². The average Bonchev–Trinajstić information content (AvgIpc) is 2.74. The molecule has 0 unspecified atom stereocenters. The first-order chi connectivity index (χ1) is 13.7. The predicted molar refractivity (Wildman–Crippen MR) is 116 cm³/mol. The Kier molecular flexibility index (Phi) is 5.28. The highest BCUT2D eigenvalue weighted by Gasteiger charge is 2.16. The topological polar surface area (TPSA) is 54.9 Å². The fraction of sp³-hybridized carbons (Fsp3) is 0.0455. The van der Waals surface area contributed by atoms with Crippen LogP contribution in [-0.2, 0) is 0 Å². The number of nitrogens with one attached hydrogen (secondary N) is 1. The van der Waals surface area contributed by atoms with Crippen molar-refractivity contribution < 1.29 is 4.79 Å². The normalized spacial score (nSPS) is 10.8. The number of nitrogens with zero attached hydrogens (tertiary/aromatic N) is 2. The van der Waals surface area contributed by atoms with Crippen LogP contribution in [0.25, 0.3) is 22.2 Å². The van der Waals surface area contributed by atoms with Gasteiger partial charge in [0.1, 0.15) is 0 Å². The van der Waals surface area contributed by atoms with Gasteiger partial charge in [-0.15, -0.1) is 11.8 Å². The number of benzene rings is 2. The minimum atomic E-state index is -0.207. The highest BCUT2D eigenvalue weighted by molar-refractivity contribution is 7.98. The minimum Gasteiger partial charge on any atom is -0.321 e. The number of halogens is 1. The number of hydrogen-bond acceptors (Lipinski definition) is 4. The number of anilines is 1. The number of rotatable bonds is 4. The Morgan fingerprint density at radius 3 is 2.71 bits per heavy atom. The lowest BCUT2D eigenvalue weighted by Crippen LogP contribution is -2.13. The molecular formula is C22H16ClN3OS. The molecule has 1 amide bonds. The van der Waals surface area contributed by atoms with Crippen LogP contribution < -0.4 is 5.32 Å². The maximum atomic E-state index is 13.2. The molecule has 6 heteroatoms. The third-order valence-electron chi connectivity index (χ3n) is 4.33. The SMILES string of the molecule is CSc1ccccc1NC(=O)c1cc(-c2cccnc2)nc2ccc(Cl)cc12. The number of para-hydroxylation sites is 1. The molecule has 0 radical (unpaired) electrons. The van der Waals surface area contributed by atoms with Crippen LogP contribution in [0.3, 0.4) is 0 Å². The molecule has 4 nitrogen and oxygen atoms in total. The standard InChI is InChI=1S/C22H16ClN3OS/c1-28-21-7-3-2-6-19(21)26-22(27)17-12-20(14-5-4-10-24-13-14)25-18-9-8-15(23)11-16(17)18/h2-13H,1H3,(H,26,27). The summed E-state index contributed by atoms with van der Waals surface area (Å²) in [6.07, 6.45) is 5.42. The molecule has 4 rings (SSSR count). The van der Waals surface area contributed by atoms with Gasteiger partial charge in [0.05, 0.1) is 22.5 Å². The summed E-state index contributed by atoms with van der Waals surface area (Å²) in [6, 6.07) is 18.6. The van der Waals surface area contributed by atoms with E-state index in [0.29, 0.717) is 27.2 Å². The Labute approximate surface area is 172 Å². The third-order valence-corrected chi connectivity index (χ3v) is 5.36. The number of thioether (sulfide) groups is 1.